The fourth-order valence-electron chi connectivity index (χ4n) is 1.33. The molecular weight excluding hydrogens is 234 g/mol. The van der Waals surface area contributed by atoms with Crippen LogP contribution in [-0.2, 0) is 12.8 Å². The molecular formula is C11H13N5S. The molecule has 1 aromatic carbocycles. The van der Waals surface area contributed by atoms with E-state index in [4.69, 9.17) is 11.1 Å². The minimum Gasteiger partial charge on any atom is -0.384 e. The number of nitrogen functional groups attached to an aromatic ring is 1. The Hall–Kier alpha value is -1.82. The second-order valence-corrected chi connectivity index (χ2v) is 4.57. The van der Waals surface area contributed by atoms with Gasteiger partial charge in [0.2, 0.25) is 0 Å². The Morgan fingerprint density at radius 2 is 2.12 bits per heavy atom. The van der Waals surface area contributed by atoms with Gasteiger partial charge in [-0.15, -0.1) is 10.2 Å². The van der Waals surface area contributed by atoms with Crippen LogP contribution in [0.2, 0.25) is 0 Å². The topological polar surface area (TPSA) is 80.6 Å². The van der Waals surface area contributed by atoms with E-state index in [-0.39, 0.29) is 5.84 Å². The van der Waals surface area contributed by atoms with Gasteiger partial charge in [0, 0.05) is 18.4 Å². The molecule has 0 fully saturated rings. The summed E-state index contributed by atoms with van der Waals surface area (Å²) in [7, 11) is 1.92. The highest BCUT2D eigenvalue weighted by Gasteiger charge is 2.02. The average Bonchev–Trinajstić information content (AvgIpc) is 2.73. The molecule has 0 aliphatic rings. The lowest BCUT2D eigenvalue weighted by Crippen LogP contribution is -2.10. The van der Waals surface area contributed by atoms with Crippen LogP contribution in [-0.4, -0.2) is 20.6 Å². The molecule has 0 amide bonds. The second kappa shape index (κ2) is 5.01. The van der Waals surface area contributed by atoms with Crippen molar-refractivity contribution in [3.05, 3.63) is 41.7 Å². The normalized spacial score (nSPS) is 10.4. The Morgan fingerprint density at radius 1 is 1.41 bits per heavy atom. The summed E-state index contributed by atoms with van der Waals surface area (Å²) in [5, 5.41) is 16.0. The van der Waals surface area contributed by atoms with Gasteiger partial charge in [-0.2, -0.15) is 0 Å². The van der Waals surface area contributed by atoms with Gasteiger partial charge in [0.15, 0.2) is 5.16 Å². The van der Waals surface area contributed by atoms with E-state index in [2.05, 4.69) is 10.2 Å². The number of nitrogens with two attached hydrogens (primary N) is 1. The molecule has 0 radical (unpaired) electrons. The van der Waals surface area contributed by atoms with Crippen LogP contribution in [0.5, 0.6) is 0 Å². The predicted molar refractivity (Wildman–Crippen MR) is 68.0 cm³/mol. The first-order valence-electron chi connectivity index (χ1n) is 5.07. The lowest BCUT2D eigenvalue weighted by atomic mass is 10.1. The smallest absolute Gasteiger partial charge is 0.191 e. The lowest BCUT2D eigenvalue weighted by molar-refractivity contribution is 0.788. The van der Waals surface area contributed by atoms with Crippen LogP contribution >= 0.6 is 11.8 Å². The zero-order valence-electron chi connectivity index (χ0n) is 9.42. The van der Waals surface area contributed by atoms with E-state index >= 15 is 0 Å². The van der Waals surface area contributed by atoms with Gasteiger partial charge in [-0.1, -0.05) is 36.0 Å². The minimum absolute atomic E-state index is 0.0949. The molecule has 17 heavy (non-hydrogen) atoms. The monoisotopic (exact) mass is 247 g/mol. The van der Waals surface area contributed by atoms with Crippen molar-refractivity contribution in [1.82, 2.24) is 14.8 Å². The van der Waals surface area contributed by atoms with E-state index < -0.39 is 0 Å². The highest BCUT2D eigenvalue weighted by molar-refractivity contribution is 7.98. The quantitative estimate of drug-likeness (QED) is 0.486. The molecule has 2 aromatic rings. The van der Waals surface area contributed by atoms with Crippen LogP contribution in [0.1, 0.15) is 11.1 Å². The third kappa shape index (κ3) is 2.85. The van der Waals surface area contributed by atoms with Crippen molar-refractivity contribution in [3.8, 4) is 0 Å². The Morgan fingerprint density at radius 3 is 2.65 bits per heavy atom. The maximum Gasteiger partial charge on any atom is 0.191 e. The number of amidine groups is 1. The number of rotatable bonds is 4. The maximum absolute atomic E-state index is 7.30. The molecule has 6 heteroatoms. The first-order chi connectivity index (χ1) is 8.16. The van der Waals surface area contributed by atoms with E-state index in [1.54, 1.807) is 18.1 Å². The Labute approximate surface area is 104 Å². The summed E-state index contributed by atoms with van der Waals surface area (Å²) in [6, 6.07) is 7.66. The summed E-state index contributed by atoms with van der Waals surface area (Å²) >= 11 is 1.63. The molecule has 0 aliphatic heterocycles. The van der Waals surface area contributed by atoms with Gasteiger partial charge in [0.05, 0.1) is 0 Å². The molecule has 0 aliphatic carbocycles. The third-order valence-electron chi connectivity index (χ3n) is 2.30. The van der Waals surface area contributed by atoms with Gasteiger partial charge in [-0.05, 0) is 5.56 Å². The third-order valence-corrected chi connectivity index (χ3v) is 3.41. The van der Waals surface area contributed by atoms with Crippen molar-refractivity contribution >= 4 is 17.6 Å². The Kier molecular flexibility index (Phi) is 3.43. The van der Waals surface area contributed by atoms with Crippen molar-refractivity contribution in [2.24, 2.45) is 12.8 Å². The number of thioether (sulfide) groups is 1. The van der Waals surface area contributed by atoms with E-state index in [0.29, 0.717) is 0 Å². The average molecular weight is 247 g/mol. The van der Waals surface area contributed by atoms with Crippen LogP contribution in [0.3, 0.4) is 0 Å². The number of nitrogens with zero attached hydrogens (tertiary/aromatic N) is 3. The van der Waals surface area contributed by atoms with Crippen molar-refractivity contribution in [3.63, 3.8) is 0 Å². The molecule has 0 saturated carbocycles. The first kappa shape index (κ1) is 11.7. The molecule has 0 spiro atoms. The fraction of sp³-hybridized carbons (Fsp3) is 0.182. The summed E-state index contributed by atoms with van der Waals surface area (Å²) < 4.78 is 1.88. The number of aryl methyl sites for hydroxylation is 1. The van der Waals surface area contributed by atoms with Crippen molar-refractivity contribution in [2.75, 3.05) is 0 Å². The molecule has 5 nitrogen and oxygen atoms in total. The van der Waals surface area contributed by atoms with Gasteiger partial charge < -0.3 is 10.3 Å². The van der Waals surface area contributed by atoms with Crippen molar-refractivity contribution in [2.45, 2.75) is 10.9 Å². The predicted octanol–water partition coefficient (Wildman–Crippen LogP) is 1.39. The molecule has 1 heterocycles. The molecule has 1 aromatic heterocycles. The largest absolute Gasteiger partial charge is 0.384 e. The summed E-state index contributed by atoms with van der Waals surface area (Å²) in [5.74, 6) is 0.919. The Balaban J connectivity index is 2.00. The van der Waals surface area contributed by atoms with Crippen LogP contribution in [0.25, 0.3) is 0 Å². The zero-order valence-corrected chi connectivity index (χ0v) is 10.2. The zero-order chi connectivity index (χ0) is 12.3. The van der Waals surface area contributed by atoms with Gasteiger partial charge in [-0.25, -0.2) is 0 Å². The SMILES string of the molecule is Cn1cnnc1SCc1ccc(C(=N)N)cc1. The molecule has 88 valence electrons. The highest BCUT2D eigenvalue weighted by atomic mass is 32.2. The molecule has 0 saturated heterocycles. The van der Waals surface area contributed by atoms with Gasteiger partial charge >= 0.3 is 0 Å². The fourth-order valence-corrected chi connectivity index (χ4v) is 2.18. The number of benzene rings is 1. The van der Waals surface area contributed by atoms with Crippen LogP contribution in [0.15, 0.2) is 35.7 Å². The van der Waals surface area contributed by atoms with E-state index in [9.17, 15) is 0 Å². The minimum atomic E-state index is 0.0949. The Bertz CT molecular complexity index is 517. The highest BCUT2D eigenvalue weighted by Crippen LogP contribution is 2.19. The molecule has 0 atom stereocenters. The number of nitrogens with one attached hydrogen (secondary N) is 1. The van der Waals surface area contributed by atoms with E-state index in [1.807, 2.05) is 35.9 Å². The van der Waals surface area contributed by atoms with Crippen molar-refractivity contribution < 1.29 is 0 Å². The maximum atomic E-state index is 7.30. The number of aromatic nitrogens is 3. The van der Waals surface area contributed by atoms with Gasteiger partial charge in [0.25, 0.3) is 0 Å². The van der Waals surface area contributed by atoms with Gasteiger partial charge in [0.1, 0.15) is 12.2 Å². The van der Waals surface area contributed by atoms with Crippen LogP contribution in [0.4, 0.5) is 0 Å². The molecule has 2 rings (SSSR count). The van der Waals surface area contributed by atoms with Crippen LogP contribution in [0, 0.1) is 5.41 Å². The summed E-state index contributed by atoms with van der Waals surface area (Å²) in [4.78, 5) is 0. The first-order valence-corrected chi connectivity index (χ1v) is 6.05. The standard InChI is InChI=1S/C11H13N5S/c1-16-7-14-15-11(16)17-6-8-2-4-9(5-3-8)10(12)13/h2-5,7H,6H2,1H3,(H3,12,13). The summed E-state index contributed by atoms with van der Waals surface area (Å²) in [5.41, 5.74) is 7.31. The molecule has 0 unspecified atom stereocenters. The number of hydrogen-bond acceptors (Lipinski definition) is 4. The molecule has 3 N–H and O–H groups in total. The number of hydrogen-bond donors (Lipinski definition) is 2. The van der Waals surface area contributed by atoms with E-state index in [0.717, 1.165) is 16.5 Å². The summed E-state index contributed by atoms with van der Waals surface area (Å²) in [6.07, 6.45) is 1.68. The van der Waals surface area contributed by atoms with Crippen molar-refractivity contribution in [1.29, 1.82) is 5.41 Å². The summed E-state index contributed by atoms with van der Waals surface area (Å²) in [6.45, 7) is 0. The van der Waals surface area contributed by atoms with Crippen LogP contribution < -0.4 is 5.73 Å². The second-order valence-electron chi connectivity index (χ2n) is 3.62. The lowest BCUT2D eigenvalue weighted by Gasteiger charge is -2.02. The van der Waals surface area contributed by atoms with Gasteiger partial charge in [-0.3, -0.25) is 5.41 Å². The molecule has 0 bridgehead atoms. The van der Waals surface area contributed by atoms with E-state index in [1.165, 1.54) is 5.56 Å².